The van der Waals surface area contributed by atoms with E-state index in [0.717, 1.165) is 5.56 Å². The maximum Gasteiger partial charge on any atom is 0.491 e. The number of rotatable bonds is 17. The van der Waals surface area contributed by atoms with Gasteiger partial charge in [0.15, 0.2) is 0 Å². The Kier molecular flexibility index (Phi) is 14.8. The van der Waals surface area contributed by atoms with Gasteiger partial charge in [-0.15, -0.1) is 0 Å². The Balaban J connectivity index is 1.46. The number of nitrogens with one attached hydrogen (secondary N) is 4. The van der Waals surface area contributed by atoms with Gasteiger partial charge in [-0.2, -0.15) is 13.2 Å². The van der Waals surface area contributed by atoms with Gasteiger partial charge in [-0.3, -0.25) is 24.0 Å². The topological polar surface area (TPSA) is 186 Å². The zero-order valence-corrected chi connectivity index (χ0v) is 31.3. The molecule has 4 aromatic carbocycles. The van der Waals surface area contributed by atoms with Crippen molar-refractivity contribution in [1.29, 1.82) is 0 Å². The predicted molar refractivity (Wildman–Crippen MR) is 202 cm³/mol. The average molecular weight is 794 g/mol. The number of alkyl halides is 3. The van der Waals surface area contributed by atoms with Crippen LogP contribution >= 0.6 is 10.3 Å². The van der Waals surface area contributed by atoms with E-state index in [2.05, 4.69) is 21.3 Å². The number of nitrogens with two attached hydrogens (primary N) is 1. The number of hydrogen-bond donors (Lipinski definition) is 5. The normalized spacial score (nSPS) is 12.8. The molecule has 0 aromatic heterocycles. The second-order valence-electron chi connectivity index (χ2n) is 12.8. The lowest BCUT2D eigenvalue weighted by Crippen LogP contribution is -2.51. The fourth-order valence-corrected chi connectivity index (χ4v) is 8.55. The highest BCUT2D eigenvalue weighted by Gasteiger charge is 2.47. The first-order valence-electron chi connectivity index (χ1n) is 17.4. The smallest absolute Gasteiger partial charge is 0.395 e. The van der Waals surface area contributed by atoms with Crippen LogP contribution in [0.5, 0.6) is 0 Å². The molecule has 0 aliphatic carbocycles. The molecule has 5 amide bonds. The van der Waals surface area contributed by atoms with Crippen molar-refractivity contribution in [3.63, 3.8) is 0 Å². The minimum atomic E-state index is -5.29. The Morgan fingerprint density at radius 2 is 1.21 bits per heavy atom. The van der Waals surface area contributed by atoms with Crippen molar-refractivity contribution >= 4 is 45.8 Å². The summed E-state index contributed by atoms with van der Waals surface area (Å²) in [6.45, 7) is 2.85. The molecule has 4 aromatic rings. The van der Waals surface area contributed by atoms with Gasteiger partial charge < -0.3 is 31.2 Å². The van der Waals surface area contributed by atoms with Gasteiger partial charge in [0.25, 0.3) is 5.91 Å². The van der Waals surface area contributed by atoms with E-state index in [4.69, 9.17) is 9.92 Å². The Morgan fingerprint density at radius 3 is 1.71 bits per heavy atom. The molecule has 0 spiro atoms. The van der Waals surface area contributed by atoms with Crippen molar-refractivity contribution in [2.45, 2.75) is 59.6 Å². The molecule has 0 radical (unpaired) electrons. The van der Waals surface area contributed by atoms with Crippen LogP contribution in [0.2, 0.25) is 0 Å². The summed E-state index contributed by atoms with van der Waals surface area (Å²) < 4.78 is 46.4. The maximum atomic E-state index is 13.7. The van der Waals surface area contributed by atoms with Crippen LogP contribution in [0.3, 0.4) is 0 Å². The molecular weight excluding hydrogens is 752 g/mol. The van der Waals surface area contributed by atoms with Gasteiger partial charge in [-0.1, -0.05) is 80.6 Å². The van der Waals surface area contributed by atoms with E-state index in [9.17, 15) is 41.9 Å². The lowest BCUT2D eigenvalue weighted by Gasteiger charge is -2.39. The Hall–Kier alpha value is -6.16. The molecule has 296 valence electrons. The number of hydrogen-bond acceptors (Lipinski definition) is 7. The van der Waals surface area contributed by atoms with Crippen molar-refractivity contribution in [2.75, 3.05) is 13.1 Å². The number of amides is 5. The largest absolute Gasteiger partial charge is 0.491 e. The van der Waals surface area contributed by atoms with Gasteiger partial charge in [0.2, 0.25) is 23.6 Å². The van der Waals surface area contributed by atoms with Crippen LogP contribution in [-0.2, 0) is 34.6 Å². The molecule has 4 rings (SSSR count). The highest BCUT2D eigenvalue weighted by Crippen LogP contribution is 2.69. The molecule has 6 N–H and O–H groups in total. The lowest BCUT2D eigenvalue weighted by atomic mass is 10.0. The fraction of sp³-hybridized carbons (Fsp3) is 0.250. The number of carbonyl (C=O) groups is 6. The van der Waals surface area contributed by atoms with Gasteiger partial charge in [-0.25, -0.2) is 4.79 Å². The Bertz CT molecular complexity index is 1950. The van der Waals surface area contributed by atoms with Crippen molar-refractivity contribution in [2.24, 2.45) is 11.7 Å². The highest BCUT2D eigenvalue weighted by molar-refractivity contribution is 8.30. The van der Waals surface area contributed by atoms with E-state index in [1.807, 2.05) is 0 Å². The summed E-state index contributed by atoms with van der Waals surface area (Å²) in [5.74, 6) is -5.97. The zero-order valence-electron chi connectivity index (χ0n) is 30.5. The zero-order chi connectivity index (χ0) is 40.9. The quantitative estimate of drug-likeness (QED) is 0.104. The van der Waals surface area contributed by atoms with Gasteiger partial charge in [0.05, 0.1) is 6.54 Å². The standard InChI is InChI=1S/C40H42F3N5O7S/c1-26(2)35(38(53)45-23-22-34(50)47-32(37(52)46-25-33(44)49)24-27-12-6-3-7-13-27)48-36(51)28-18-20-31(21-19-28)56(29-14-8-4-9-15-29,30-16-10-5-11-17-30)55-39(54)40(41,42)43/h3-21,26,32,35H,22-25H2,1-2H3,(H2,44,49)(H,45,53)(H,46,52)(H,47,50)(H,48,51)/t32-,35-/m0/s1. The molecule has 0 aliphatic rings. The van der Waals surface area contributed by atoms with E-state index in [1.54, 1.807) is 105 Å². The molecule has 56 heavy (non-hydrogen) atoms. The first kappa shape index (κ1) is 42.6. The number of carbonyl (C=O) groups excluding carboxylic acids is 6. The molecule has 0 saturated heterocycles. The van der Waals surface area contributed by atoms with Crippen molar-refractivity contribution in [3.8, 4) is 0 Å². The van der Waals surface area contributed by atoms with E-state index >= 15 is 0 Å². The van der Waals surface area contributed by atoms with Crippen molar-refractivity contribution in [3.05, 3.63) is 126 Å². The van der Waals surface area contributed by atoms with Crippen molar-refractivity contribution in [1.82, 2.24) is 21.3 Å². The monoisotopic (exact) mass is 793 g/mol. The van der Waals surface area contributed by atoms with Gasteiger partial charge >= 0.3 is 12.1 Å². The second-order valence-corrected chi connectivity index (χ2v) is 15.5. The summed E-state index contributed by atoms with van der Waals surface area (Å²) in [4.78, 5) is 76.7. The summed E-state index contributed by atoms with van der Waals surface area (Å²) in [6.07, 6.45) is -5.37. The molecule has 0 aliphatic heterocycles. The molecule has 0 saturated carbocycles. The molecule has 0 fully saturated rings. The Morgan fingerprint density at radius 1 is 0.696 bits per heavy atom. The van der Waals surface area contributed by atoms with Crippen LogP contribution in [0.1, 0.15) is 36.2 Å². The van der Waals surface area contributed by atoms with Gasteiger partial charge in [-0.05, 0) is 70.3 Å². The van der Waals surface area contributed by atoms with Crippen LogP contribution in [0.15, 0.2) is 130 Å². The van der Waals surface area contributed by atoms with E-state index in [1.165, 1.54) is 24.3 Å². The third kappa shape index (κ3) is 11.4. The number of primary amides is 1. The lowest BCUT2D eigenvalue weighted by molar-refractivity contribution is -0.188. The summed E-state index contributed by atoms with van der Waals surface area (Å²) in [5, 5.41) is 10.3. The maximum absolute atomic E-state index is 13.7. The summed E-state index contributed by atoms with van der Waals surface area (Å²) in [5.41, 5.74) is 5.96. The van der Waals surface area contributed by atoms with Gasteiger partial charge in [0, 0.05) is 39.6 Å². The molecule has 2 atom stereocenters. The number of benzene rings is 4. The molecule has 16 heteroatoms. The van der Waals surface area contributed by atoms with Crippen LogP contribution in [0.25, 0.3) is 0 Å². The predicted octanol–water partition coefficient (Wildman–Crippen LogP) is 4.58. The molecule has 0 heterocycles. The molecule has 0 unspecified atom stereocenters. The van der Waals surface area contributed by atoms with Crippen LogP contribution in [0.4, 0.5) is 13.2 Å². The summed E-state index contributed by atoms with van der Waals surface area (Å²) in [6, 6.07) is 28.4. The first-order valence-corrected chi connectivity index (χ1v) is 19.0. The van der Waals surface area contributed by atoms with Crippen molar-refractivity contribution < 1.29 is 46.1 Å². The third-order valence-electron chi connectivity index (χ3n) is 8.29. The Labute approximate surface area is 323 Å². The first-order chi connectivity index (χ1) is 26.6. The molecular formula is C40H42F3N5O7S. The number of halogens is 3. The van der Waals surface area contributed by atoms with E-state index in [0.29, 0.717) is 9.79 Å². The fourth-order valence-electron chi connectivity index (χ4n) is 5.53. The third-order valence-corrected chi connectivity index (χ3v) is 11.5. The summed E-state index contributed by atoms with van der Waals surface area (Å²) in [7, 11) is -3.30. The molecule has 0 bridgehead atoms. The van der Waals surface area contributed by atoms with E-state index in [-0.39, 0.29) is 29.8 Å². The summed E-state index contributed by atoms with van der Waals surface area (Å²) >= 11 is 0. The van der Waals surface area contributed by atoms with Crippen LogP contribution in [-0.4, -0.2) is 66.9 Å². The van der Waals surface area contributed by atoms with E-state index < -0.39 is 76.5 Å². The highest BCUT2D eigenvalue weighted by atomic mass is 32.3. The second kappa shape index (κ2) is 19.4. The van der Waals surface area contributed by atoms with Crippen LogP contribution in [0, 0.1) is 5.92 Å². The minimum Gasteiger partial charge on any atom is -0.395 e. The molecule has 12 nitrogen and oxygen atoms in total. The minimum absolute atomic E-state index is 0.0715. The SMILES string of the molecule is CC(C)[C@H](NC(=O)c1ccc(S(OC(=O)C(F)(F)F)(c2ccccc2)c2ccccc2)cc1)C(=O)NCCC(=O)N[C@@H](Cc1ccccc1)C(=O)NCC(N)=O. The van der Waals surface area contributed by atoms with Crippen LogP contribution < -0.4 is 27.0 Å². The average Bonchev–Trinajstić information content (AvgIpc) is 3.18. The van der Waals surface area contributed by atoms with Gasteiger partial charge in [0.1, 0.15) is 12.1 Å².